The second-order valence-electron chi connectivity index (χ2n) is 4.52. The molecule has 2 rings (SSSR count). The molecule has 1 N–H and O–H groups in total. The molecule has 2 nitrogen and oxygen atoms in total. The van der Waals surface area contributed by atoms with Crippen molar-refractivity contribution in [3.05, 3.63) is 60.2 Å². The normalized spacial score (nSPS) is 10.4. The second-order valence-corrected chi connectivity index (χ2v) is 4.52. The number of aliphatic hydroxyl groups excluding tert-OH is 1. The molecular formula is C17H18O2. The van der Waals surface area contributed by atoms with E-state index in [1.165, 1.54) is 0 Å². The van der Waals surface area contributed by atoms with Crippen molar-refractivity contribution in [3.63, 3.8) is 0 Å². The van der Waals surface area contributed by atoms with Crippen LogP contribution in [0.2, 0.25) is 0 Å². The van der Waals surface area contributed by atoms with E-state index in [-0.39, 0.29) is 12.4 Å². The van der Waals surface area contributed by atoms with Gasteiger partial charge in [0.05, 0.1) is 0 Å². The molecule has 0 heterocycles. The Morgan fingerprint density at radius 1 is 0.895 bits per heavy atom. The summed E-state index contributed by atoms with van der Waals surface area (Å²) in [5.41, 5.74) is 2.82. The molecule has 2 heteroatoms. The fourth-order valence-electron chi connectivity index (χ4n) is 2.13. The monoisotopic (exact) mass is 254 g/mol. The van der Waals surface area contributed by atoms with Crippen LogP contribution >= 0.6 is 0 Å². The van der Waals surface area contributed by atoms with Crippen LogP contribution in [-0.2, 0) is 0 Å². The topological polar surface area (TPSA) is 37.3 Å². The van der Waals surface area contributed by atoms with Gasteiger partial charge in [-0.2, -0.15) is 0 Å². The number of rotatable bonds is 6. The number of ketones is 1. The van der Waals surface area contributed by atoms with Crippen molar-refractivity contribution >= 4 is 5.78 Å². The van der Waals surface area contributed by atoms with E-state index < -0.39 is 0 Å². The van der Waals surface area contributed by atoms with Gasteiger partial charge in [0.25, 0.3) is 0 Å². The Morgan fingerprint density at radius 3 is 2.32 bits per heavy atom. The number of hydrogen-bond donors (Lipinski definition) is 1. The zero-order valence-electron chi connectivity index (χ0n) is 10.9. The molecule has 0 radical (unpaired) electrons. The summed E-state index contributed by atoms with van der Waals surface area (Å²) < 4.78 is 0. The van der Waals surface area contributed by atoms with Gasteiger partial charge in [-0.15, -0.1) is 0 Å². The van der Waals surface area contributed by atoms with Crippen molar-refractivity contribution in [3.8, 4) is 11.1 Å². The molecular weight excluding hydrogens is 236 g/mol. The zero-order valence-corrected chi connectivity index (χ0v) is 10.9. The lowest BCUT2D eigenvalue weighted by Gasteiger charge is -2.08. The molecule has 2 aromatic carbocycles. The van der Waals surface area contributed by atoms with Crippen LogP contribution in [-0.4, -0.2) is 17.5 Å². The standard InChI is InChI=1S/C17H18O2/c18-13-7-6-12-17(19)16-11-5-4-10-15(16)14-8-2-1-3-9-14/h1-5,8-11,18H,6-7,12-13H2. The van der Waals surface area contributed by atoms with E-state index in [0.29, 0.717) is 12.8 Å². The van der Waals surface area contributed by atoms with Gasteiger partial charge in [-0.1, -0.05) is 54.6 Å². The minimum absolute atomic E-state index is 0.146. The van der Waals surface area contributed by atoms with E-state index >= 15 is 0 Å². The van der Waals surface area contributed by atoms with Crippen LogP contribution in [0.4, 0.5) is 0 Å². The first-order valence-corrected chi connectivity index (χ1v) is 6.61. The molecule has 98 valence electrons. The summed E-state index contributed by atoms with van der Waals surface area (Å²) in [6, 6.07) is 17.6. The Morgan fingerprint density at radius 2 is 1.58 bits per heavy atom. The van der Waals surface area contributed by atoms with Crippen LogP contribution in [0.3, 0.4) is 0 Å². The van der Waals surface area contributed by atoms with Crippen LogP contribution in [0.25, 0.3) is 11.1 Å². The van der Waals surface area contributed by atoms with E-state index in [9.17, 15) is 4.79 Å². The summed E-state index contributed by atoms with van der Waals surface area (Å²) >= 11 is 0. The first-order valence-electron chi connectivity index (χ1n) is 6.61. The number of Topliss-reactive ketones (excluding diaryl/α,β-unsaturated/α-hetero) is 1. The van der Waals surface area contributed by atoms with Crippen LogP contribution < -0.4 is 0 Å². The molecule has 0 saturated carbocycles. The Kier molecular flexibility index (Phi) is 4.87. The smallest absolute Gasteiger partial charge is 0.163 e. The minimum Gasteiger partial charge on any atom is -0.396 e. The Balaban J connectivity index is 2.24. The third-order valence-corrected chi connectivity index (χ3v) is 3.12. The Bertz CT molecular complexity index is 532. The average Bonchev–Trinajstić information content (AvgIpc) is 2.48. The van der Waals surface area contributed by atoms with Gasteiger partial charge in [0.2, 0.25) is 0 Å². The van der Waals surface area contributed by atoms with Crippen molar-refractivity contribution in [2.45, 2.75) is 19.3 Å². The summed E-state index contributed by atoms with van der Waals surface area (Å²) in [5.74, 6) is 0.146. The lowest BCUT2D eigenvalue weighted by atomic mass is 9.95. The first-order chi connectivity index (χ1) is 9.33. The van der Waals surface area contributed by atoms with Crippen LogP contribution in [0.1, 0.15) is 29.6 Å². The van der Waals surface area contributed by atoms with E-state index in [2.05, 4.69) is 0 Å². The first kappa shape index (κ1) is 13.5. The van der Waals surface area contributed by atoms with Crippen LogP contribution in [0.15, 0.2) is 54.6 Å². The van der Waals surface area contributed by atoms with Crippen molar-refractivity contribution in [1.82, 2.24) is 0 Å². The molecule has 2 aromatic rings. The molecule has 0 aliphatic carbocycles. The van der Waals surface area contributed by atoms with Crippen molar-refractivity contribution in [2.75, 3.05) is 6.61 Å². The number of benzene rings is 2. The van der Waals surface area contributed by atoms with Gasteiger partial charge in [0.15, 0.2) is 5.78 Å². The summed E-state index contributed by atoms with van der Waals surface area (Å²) in [6.45, 7) is 0.146. The summed E-state index contributed by atoms with van der Waals surface area (Å²) in [6.07, 6.45) is 1.90. The fraction of sp³-hybridized carbons (Fsp3) is 0.235. The molecule has 0 fully saturated rings. The lowest BCUT2D eigenvalue weighted by molar-refractivity contribution is 0.0978. The largest absolute Gasteiger partial charge is 0.396 e. The summed E-state index contributed by atoms with van der Waals surface area (Å²) in [7, 11) is 0. The Labute approximate surface area is 113 Å². The predicted molar refractivity (Wildman–Crippen MR) is 77.1 cm³/mol. The predicted octanol–water partition coefficient (Wildman–Crippen LogP) is 3.70. The SMILES string of the molecule is O=C(CCCCO)c1ccccc1-c1ccccc1. The quantitative estimate of drug-likeness (QED) is 0.630. The summed E-state index contributed by atoms with van der Waals surface area (Å²) in [5, 5.41) is 8.77. The van der Waals surface area contributed by atoms with Gasteiger partial charge < -0.3 is 5.11 Å². The van der Waals surface area contributed by atoms with E-state index in [1.54, 1.807) is 0 Å². The molecule has 0 bridgehead atoms. The second kappa shape index (κ2) is 6.86. The lowest BCUT2D eigenvalue weighted by Crippen LogP contribution is -2.02. The maximum atomic E-state index is 12.2. The maximum absolute atomic E-state index is 12.2. The average molecular weight is 254 g/mol. The third-order valence-electron chi connectivity index (χ3n) is 3.12. The molecule has 19 heavy (non-hydrogen) atoms. The molecule has 0 unspecified atom stereocenters. The highest BCUT2D eigenvalue weighted by Gasteiger charge is 2.11. The number of aliphatic hydroxyl groups is 1. The highest BCUT2D eigenvalue weighted by molar-refractivity contribution is 6.02. The highest BCUT2D eigenvalue weighted by Crippen LogP contribution is 2.24. The number of hydrogen-bond acceptors (Lipinski definition) is 2. The van der Waals surface area contributed by atoms with Gasteiger partial charge >= 0.3 is 0 Å². The number of unbranched alkanes of at least 4 members (excludes halogenated alkanes) is 1. The maximum Gasteiger partial charge on any atom is 0.163 e. The third kappa shape index (κ3) is 3.52. The van der Waals surface area contributed by atoms with Gasteiger partial charge in [-0.05, 0) is 24.0 Å². The van der Waals surface area contributed by atoms with Gasteiger partial charge in [-0.3, -0.25) is 4.79 Å². The van der Waals surface area contributed by atoms with Crippen molar-refractivity contribution < 1.29 is 9.90 Å². The molecule has 0 aliphatic rings. The Hall–Kier alpha value is -1.93. The molecule has 0 aliphatic heterocycles. The summed E-state index contributed by atoms with van der Waals surface area (Å²) in [4.78, 5) is 12.2. The van der Waals surface area contributed by atoms with Gasteiger partial charge in [0.1, 0.15) is 0 Å². The van der Waals surface area contributed by atoms with Crippen molar-refractivity contribution in [2.24, 2.45) is 0 Å². The molecule has 0 saturated heterocycles. The fourth-order valence-corrected chi connectivity index (χ4v) is 2.13. The van der Waals surface area contributed by atoms with E-state index in [0.717, 1.165) is 23.1 Å². The van der Waals surface area contributed by atoms with E-state index in [1.807, 2.05) is 54.6 Å². The minimum atomic E-state index is 0.146. The van der Waals surface area contributed by atoms with Crippen LogP contribution in [0, 0.1) is 0 Å². The van der Waals surface area contributed by atoms with Gasteiger partial charge in [0, 0.05) is 18.6 Å². The molecule has 0 amide bonds. The zero-order chi connectivity index (χ0) is 13.5. The number of carbonyl (C=O) groups excluding carboxylic acids is 1. The highest BCUT2D eigenvalue weighted by atomic mass is 16.2. The van der Waals surface area contributed by atoms with Crippen LogP contribution in [0.5, 0.6) is 0 Å². The van der Waals surface area contributed by atoms with Crippen molar-refractivity contribution in [1.29, 1.82) is 0 Å². The molecule has 0 atom stereocenters. The molecule has 0 aromatic heterocycles. The molecule has 0 spiro atoms. The van der Waals surface area contributed by atoms with E-state index in [4.69, 9.17) is 5.11 Å². The van der Waals surface area contributed by atoms with Gasteiger partial charge in [-0.25, -0.2) is 0 Å². The number of carbonyl (C=O) groups is 1.